The minimum atomic E-state index is -0.348. The molecular formula is C21H17FN4O2. The predicted molar refractivity (Wildman–Crippen MR) is 103 cm³/mol. The molecule has 1 amide bonds. The van der Waals surface area contributed by atoms with Crippen LogP contribution in [0.15, 0.2) is 72.8 Å². The lowest BCUT2D eigenvalue weighted by atomic mass is 10.2. The zero-order chi connectivity index (χ0) is 19.3. The van der Waals surface area contributed by atoms with E-state index in [4.69, 9.17) is 4.74 Å². The van der Waals surface area contributed by atoms with E-state index in [0.29, 0.717) is 11.4 Å². The van der Waals surface area contributed by atoms with Gasteiger partial charge >= 0.3 is 0 Å². The van der Waals surface area contributed by atoms with E-state index in [9.17, 15) is 9.18 Å². The van der Waals surface area contributed by atoms with Crippen molar-refractivity contribution in [1.82, 2.24) is 15.0 Å². The molecule has 0 aliphatic carbocycles. The summed E-state index contributed by atoms with van der Waals surface area (Å²) < 4.78 is 20.4. The van der Waals surface area contributed by atoms with Gasteiger partial charge in [-0.2, -0.15) is 0 Å². The van der Waals surface area contributed by atoms with Crippen molar-refractivity contribution >= 4 is 22.6 Å². The molecule has 1 aromatic heterocycles. The van der Waals surface area contributed by atoms with Crippen molar-refractivity contribution < 1.29 is 13.9 Å². The molecule has 6 nitrogen and oxygen atoms in total. The highest BCUT2D eigenvalue weighted by molar-refractivity contribution is 5.91. The summed E-state index contributed by atoms with van der Waals surface area (Å²) in [5.41, 5.74) is 3.05. The standard InChI is InChI=1S/C21H17FN4O2/c22-16-6-4-8-18(12-16)28-14-15-5-3-7-17(11-15)23-21(27)13-26-20-10-2-1-9-19(20)24-25-26/h1-12H,13-14H2,(H,23,27). The average Bonchev–Trinajstić information content (AvgIpc) is 3.10. The summed E-state index contributed by atoms with van der Waals surface area (Å²) in [5, 5.41) is 10.9. The molecule has 0 fully saturated rings. The summed E-state index contributed by atoms with van der Waals surface area (Å²) in [6, 6.07) is 20.7. The molecule has 0 spiro atoms. The maximum atomic E-state index is 13.2. The summed E-state index contributed by atoms with van der Waals surface area (Å²) >= 11 is 0. The highest BCUT2D eigenvalue weighted by Crippen LogP contribution is 2.17. The number of ether oxygens (including phenoxy) is 1. The van der Waals surface area contributed by atoms with Crippen LogP contribution in [0, 0.1) is 5.82 Å². The van der Waals surface area contributed by atoms with E-state index in [0.717, 1.165) is 16.6 Å². The third-order valence-electron chi connectivity index (χ3n) is 4.13. The highest BCUT2D eigenvalue weighted by Gasteiger charge is 2.09. The zero-order valence-electron chi connectivity index (χ0n) is 14.9. The predicted octanol–water partition coefficient (Wildman–Crippen LogP) is 3.79. The molecule has 4 rings (SSSR count). The number of nitrogens with one attached hydrogen (secondary N) is 1. The molecule has 0 aliphatic rings. The normalized spacial score (nSPS) is 10.8. The summed E-state index contributed by atoms with van der Waals surface area (Å²) in [6.07, 6.45) is 0. The molecule has 4 aromatic rings. The zero-order valence-corrected chi connectivity index (χ0v) is 14.9. The first-order valence-corrected chi connectivity index (χ1v) is 8.73. The molecule has 0 bridgehead atoms. The van der Waals surface area contributed by atoms with Crippen LogP contribution in [-0.2, 0) is 17.9 Å². The lowest BCUT2D eigenvalue weighted by molar-refractivity contribution is -0.116. The smallest absolute Gasteiger partial charge is 0.246 e. The number of aromatic nitrogens is 3. The van der Waals surface area contributed by atoms with E-state index >= 15 is 0 Å². The molecule has 0 saturated heterocycles. The number of anilines is 1. The van der Waals surface area contributed by atoms with Crippen molar-refractivity contribution in [2.45, 2.75) is 13.2 Å². The first-order chi connectivity index (χ1) is 13.7. The third kappa shape index (κ3) is 4.15. The van der Waals surface area contributed by atoms with Crippen molar-refractivity contribution in [2.24, 2.45) is 0 Å². The lowest BCUT2D eigenvalue weighted by Crippen LogP contribution is -2.19. The molecule has 0 unspecified atom stereocenters. The van der Waals surface area contributed by atoms with Crippen LogP contribution in [0.4, 0.5) is 10.1 Å². The van der Waals surface area contributed by atoms with E-state index < -0.39 is 0 Å². The number of halogens is 1. The van der Waals surface area contributed by atoms with E-state index in [1.807, 2.05) is 42.5 Å². The van der Waals surface area contributed by atoms with E-state index in [2.05, 4.69) is 15.6 Å². The van der Waals surface area contributed by atoms with Gasteiger partial charge in [-0.3, -0.25) is 4.79 Å². The molecule has 0 atom stereocenters. The SMILES string of the molecule is O=C(Cn1nnc2ccccc21)Nc1cccc(COc2cccc(F)c2)c1. The summed E-state index contributed by atoms with van der Waals surface area (Å²) in [4.78, 5) is 12.4. The molecule has 0 aliphatic heterocycles. The number of benzene rings is 3. The van der Waals surface area contributed by atoms with Gasteiger partial charge < -0.3 is 10.1 Å². The molecule has 140 valence electrons. The number of hydrogen-bond donors (Lipinski definition) is 1. The van der Waals surface area contributed by atoms with Crippen molar-refractivity contribution in [1.29, 1.82) is 0 Å². The van der Waals surface area contributed by atoms with Gasteiger partial charge in [-0.25, -0.2) is 9.07 Å². The van der Waals surface area contributed by atoms with Gasteiger partial charge in [0.2, 0.25) is 5.91 Å². The van der Waals surface area contributed by atoms with Gasteiger partial charge in [0, 0.05) is 11.8 Å². The Morgan fingerprint density at radius 3 is 2.79 bits per heavy atom. The van der Waals surface area contributed by atoms with Crippen molar-refractivity contribution in [2.75, 3.05) is 5.32 Å². The average molecular weight is 376 g/mol. The van der Waals surface area contributed by atoms with Crippen molar-refractivity contribution in [3.63, 3.8) is 0 Å². The summed E-state index contributed by atoms with van der Waals surface area (Å²) in [7, 11) is 0. The number of nitrogens with zero attached hydrogens (tertiary/aromatic N) is 3. The van der Waals surface area contributed by atoms with E-state index in [1.54, 1.807) is 22.9 Å². The topological polar surface area (TPSA) is 69.0 Å². The minimum absolute atomic E-state index is 0.0601. The fraction of sp³-hybridized carbons (Fsp3) is 0.0952. The molecule has 3 aromatic carbocycles. The second kappa shape index (κ2) is 7.87. The number of carbonyl (C=O) groups is 1. The number of carbonyl (C=O) groups excluding carboxylic acids is 1. The number of rotatable bonds is 6. The molecule has 28 heavy (non-hydrogen) atoms. The molecule has 0 saturated carbocycles. The fourth-order valence-electron chi connectivity index (χ4n) is 2.83. The second-order valence-corrected chi connectivity index (χ2v) is 6.23. The number of amides is 1. The monoisotopic (exact) mass is 376 g/mol. The Morgan fingerprint density at radius 2 is 1.89 bits per heavy atom. The van der Waals surface area contributed by atoms with Gasteiger partial charge in [0.15, 0.2) is 0 Å². The van der Waals surface area contributed by atoms with E-state index in [-0.39, 0.29) is 24.9 Å². The van der Waals surface area contributed by atoms with Gasteiger partial charge in [0.05, 0.1) is 5.52 Å². The summed E-state index contributed by atoms with van der Waals surface area (Å²) in [6.45, 7) is 0.325. The van der Waals surface area contributed by atoms with Crippen LogP contribution >= 0.6 is 0 Å². The molecule has 1 N–H and O–H groups in total. The quantitative estimate of drug-likeness (QED) is 0.556. The maximum absolute atomic E-state index is 13.2. The van der Waals surface area contributed by atoms with Crippen molar-refractivity contribution in [3.8, 4) is 5.75 Å². The van der Waals surface area contributed by atoms with Crippen LogP contribution in [0.5, 0.6) is 5.75 Å². The maximum Gasteiger partial charge on any atom is 0.246 e. The summed E-state index contributed by atoms with van der Waals surface area (Å²) in [5.74, 6) is -0.106. The molecule has 7 heteroatoms. The van der Waals surface area contributed by atoms with Crippen LogP contribution < -0.4 is 10.1 Å². The molecular weight excluding hydrogens is 359 g/mol. The second-order valence-electron chi connectivity index (χ2n) is 6.23. The van der Waals surface area contributed by atoms with Crippen LogP contribution in [0.2, 0.25) is 0 Å². The number of hydrogen-bond acceptors (Lipinski definition) is 4. The van der Waals surface area contributed by atoms with Crippen LogP contribution in [-0.4, -0.2) is 20.9 Å². The van der Waals surface area contributed by atoms with Gasteiger partial charge in [-0.15, -0.1) is 5.10 Å². The number of para-hydroxylation sites is 1. The Hall–Kier alpha value is -3.74. The van der Waals surface area contributed by atoms with Crippen LogP contribution in [0.1, 0.15) is 5.56 Å². The third-order valence-corrected chi connectivity index (χ3v) is 4.13. The Labute approximate surface area is 160 Å². The van der Waals surface area contributed by atoms with Gasteiger partial charge in [0.25, 0.3) is 0 Å². The van der Waals surface area contributed by atoms with E-state index in [1.165, 1.54) is 12.1 Å². The first kappa shape index (κ1) is 17.7. The Bertz CT molecular complexity index is 1130. The van der Waals surface area contributed by atoms with Crippen LogP contribution in [0.3, 0.4) is 0 Å². The lowest BCUT2D eigenvalue weighted by Gasteiger charge is -2.09. The van der Waals surface area contributed by atoms with Crippen LogP contribution in [0.25, 0.3) is 11.0 Å². The molecule has 1 heterocycles. The molecule has 0 radical (unpaired) electrons. The van der Waals surface area contributed by atoms with Crippen molar-refractivity contribution in [3.05, 3.63) is 84.2 Å². The number of fused-ring (bicyclic) bond motifs is 1. The largest absolute Gasteiger partial charge is 0.489 e. The van der Waals surface area contributed by atoms with Gasteiger partial charge in [-0.1, -0.05) is 35.5 Å². The Morgan fingerprint density at radius 1 is 1.04 bits per heavy atom. The van der Waals surface area contributed by atoms with Gasteiger partial charge in [0.1, 0.15) is 30.2 Å². The van der Waals surface area contributed by atoms with Gasteiger partial charge in [-0.05, 0) is 42.0 Å². The first-order valence-electron chi connectivity index (χ1n) is 8.73. The highest BCUT2D eigenvalue weighted by atomic mass is 19.1. The fourth-order valence-corrected chi connectivity index (χ4v) is 2.83. The Balaban J connectivity index is 1.39. The minimum Gasteiger partial charge on any atom is -0.489 e. The Kier molecular flexibility index (Phi) is 4.97.